The maximum Gasteiger partial charge on any atom is 0.308 e. The van der Waals surface area contributed by atoms with Crippen molar-refractivity contribution in [2.75, 3.05) is 23.1 Å². The molecule has 0 aliphatic rings. The molecule has 0 spiro atoms. The summed E-state index contributed by atoms with van der Waals surface area (Å²) in [7, 11) is 0. The fourth-order valence-electron chi connectivity index (χ4n) is 3.66. The Morgan fingerprint density at radius 2 is 1.62 bits per heavy atom. The second-order valence-corrected chi connectivity index (χ2v) is 14.3. The summed E-state index contributed by atoms with van der Waals surface area (Å²) in [4.78, 5) is 43.6. The van der Waals surface area contributed by atoms with E-state index in [4.69, 9.17) is 9.47 Å². The third-order valence-electron chi connectivity index (χ3n) is 5.90. The first-order valence-corrected chi connectivity index (χ1v) is 18.4. The van der Waals surface area contributed by atoms with Gasteiger partial charge in [-0.15, -0.1) is 0 Å². The lowest BCUT2D eigenvalue weighted by molar-refractivity contribution is -0.131. The van der Waals surface area contributed by atoms with Crippen LogP contribution in [0.15, 0.2) is 87.5 Å². The number of anilines is 2. The van der Waals surface area contributed by atoms with Gasteiger partial charge in [-0.2, -0.15) is 4.98 Å². The van der Waals surface area contributed by atoms with Gasteiger partial charge in [0.15, 0.2) is 10.3 Å². The number of hydrogen-bond donors (Lipinski definition) is 3. The largest absolute Gasteiger partial charge is 0.611 e. The van der Waals surface area contributed by atoms with E-state index in [1.807, 2.05) is 0 Å². The molecule has 2 heterocycles. The zero-order chi connectivity index (χ0) is 34.8. The van der Waals surface area contributed by atoms with Gasteiger partial charge in [0.1, 0.15) is 42.2 Å². The Kier molecular flexibility index (Phi) is 12.9. The Labute approximate surface area is 288 Å². The molecule has 0 saturated carbocycles. The van der Waals surface area contributed by atoms with Crippen LogP contribution in [0.5, 0.6) is 17.2 Å². The number of esters is 1. The number of aromatic hydroxyl groups is 1. The molecule has 0 aliphatic carbocycles. The number of phenolic OH excluding ortho intramolecular Hbond substituents is 1. The van der Waals surface area contributed by atoms with Crippen molar-refractivity contribution >= 4 is 73.1 Å². The Hall–Kier alpha value is -4.52. The predicted octanol–water partition coefficient (Wildman–Crippen LogP) is 5.61. The topological polar surface area (TPSA) is 186 Å². The van der Waals surface area contributed by atoms with Gasteiger partial charge in [0.05, 0.1) is 22.7 Å². The van der Waals surface area contributed by atoms with Crippen LogP contribution in [0.25, 0.3) is 0 Å². The van der Waals surface area contributed by atoms with Crippen LogP contribution >= 0.6 is 22.7 Å². The predicted molar refractivity (Wildman–Crippen MR) is 181 cm³/mol. The van der Waals surface area contributed by atoms with Crippen molar-refractivity contribution in [3.63, 3.8) is 0 Å². The van der Waals surface area contributed by atoms with Gasteiger partial charge in [-0.1, -0.05) is 35.6 Å². The Bertz CT molecular complexity index is 1880. The van der Waals surface area contributed by atoms with Crippen LogP contribution in [0, 0.1) is 5.82 Å². The maximum absolute atomic E-state index is 12.9. The molecule has 2 aromatic heterocycles. The lowest BCUT2D eigenvalue weighted by Crippen LogP contribution is -2.14. The monoisotopic (exact) mass is 730 g/mol. The van der Waals surface area contributed by atoms with Crippen LogP contribution in [0.1, 0.15) is 33.2 Å². The molecule has 0 aliphatic heterocycles. The summed E-state index contributed by atoms with van der Waals surface area (Å²) < 4.78 is 46.7. The number of rotatable bonds is 10. The molecule has 0 fully saturated rings. The SMILES string of the molecule is CC(=O)Oc1ccccc1C(=O)Nc1nc([S+](C)[O-])cs1.C[S+]([O-])c1cnc(NC(=O)c2cc(OCc3ccc(F)cc3)ccc2O)s1. The average molecular weight is 731 g/mol. The highest BCUT2D eigenvalue weighted by Gasteiger charge is 2.18. The van der Waals surface area contributed by atoms with Crippen LogP contribution in [0.2, 0.25) is 0 Å². The van der Waals surface area contributed by atoms with Gasteiger partial charge in [-0.05, 0) is 70.5 Å². The number of hydrogen-bond acceptors (Lipinski definition) is 12. The zero-order valence-corrected chi connectivity index (χ0v) is 28.7. The lowest BCUT2D eigenvalue weighted by Gasteiger charge is -2.09. The van der Waals surface area contributed by atoms with Gasteiger partial charge in [0.2, 0.25) is 4.21 Å². The van der Waals surface area contributed by atoms with Crippen molar-refractivity contribution in [3.05, 3.63) is 101 Å². The van der Waals surface area contributed by atoms with E-state index in [0.717, 1.165) is 16.9 Å². The fourth-order valence-corrected chi connectivity index (χ4v) is 6.64. The number of nitrogens with zero attached hydrogens (tertiary/aromatic N) is 2. The molecule has 0 saturated heterocycles. The number of aromatic nitrogens is 2. The minimum atomic E-state index is -1.20. The molecule has 2 atom stereocenters. The molecular formula is C31H27FN4O8S4. The third kappa shape index (κ3) is 10.5. The molecular weight excluding hydrogens is 704 g/mol. The van der Waals surface area contributed by atoms with E-state index in [1.165, 1.54) is 73.4 Å². The van der Waals surface area contributed by atoms with Crippen LogP contribution in [-0.4, -0.2) is 54.5 Å². The number of nitrogens with one attached hydrogen (secondary N) is 2. The van der Waals surface area contributed by atoms with E-state index in [1.54, 1.807) is 35.7 Å². The summed E-state index contributed by atoms with van der Waals surface area (Å²) in [6.07, 6.45) is 4.46. The molecule has 17 heteroatoms. The van der Waals surface area contributed by atoms with Crippen LogP contribution in [0.4, 0.5) is 14.7 Å². The maximum atomic E-state index is 12.9. The molecule has 12 nitrogen and oxygen atoms in total. The van der Waals surface area contributed by atoms with E-state index in [9.17, 15) is 33.0 Å². The van der Waals surface area contributed by atoms with Gasteiger partial charge >= 0.3 is 5.97 Å². The van der Waals surface area contributed by atoms with E-state index >= 15 is 0 Å². The van der Waals surface area contributed by atoms with Crippen molar-refractivity contribution in [2.24, 2.45) is 0 Å². The van der Waals surface area contributed by atoms with Crippen molar-refractivity contribution in [2.45, 2.75) is 22.8 Å². The molecule has 250 valence electrons. The third-order valence-corrected chi connectivity index (χ3v) is 9.94. The Balaban J connectivity index is 0.000000224. The number of halogens is 1. The first-order valence-electron chi connectivity index (χ1n) is 13.6. The van der Waals surface area contributed by atoms with Gasteiger partial charge in [0, 0.05) is 18.1 Å². The number of phenols is 1. The Morgan fingerprint density at radius 1 is 0.938 bits per heavy atom. The number of benzene rings is 3. The van der Waals surface area contributed by atoms with Crippen LogP contribution < -0.4 is 20.1 Å². The van der Waals surface area contributed by atoms with E-state index in [-0.39, 0.29) is 40.2 Å². The van der Waals surface area contributed by atoms with E-state index in [0.29, 0.717) is 20.1 Å². The van der Waals surface area contributed by atoms with Crippen molar-refractivity contribution in [1.29, 1.82) is 0 Å². The highest BCUT2D eigenvalue weighted by molar-refractivity contribution is 7.92. The normalized spacial score (nSPS) is 11.8. The number of carbonyl (C=O) groups excluding carboxylic acids is 3. The first kappa shape index (κ1) is 36.3. The summed E-state index contributed by atoms with van der Waals surface area (Å²) in [5.74, 6) is -1.52. The second kappa shape index (κ2) is 17.0. The molecule has 5 rings (SSSR count). The molecule has 2 unspecified atom stereocenters. The van der Waals surface area contributed by atoms with Gasteiger partial charge in [0.25, 0.3) is 16.8 Å². The van der Waals surface area contributed by atoms with Gasteiger partial charge < -0.3 is 23.7 Å². The standard InChI is InChI=1S/C18H15FN2O4S2.C13H12N2O4S2/c1-27(24)16-9-20-18(26-16)21-17(23)14-8-13(6-7-15(14)22)25-10-11-2-4-12(19)5-3-11;1-8(16)19-10-6-4-3-5-9(10)12(17)15-13-14-11(7-20-13)21(2)18/h2-9,22H,10H2,1H3,(H,20,21,23);3-7H,1-2H3,(H,14,15,17). The number of carbonyl (C=O) groups is 3. The molecule has 48 heavy (non-hydrogen) atoms. The van der Waals surface area contributed by atoms with E-state index < -0.39 is 40.1 Å². The lowest BCUT2D eigenvalue weighted by atomic mass is 10.1. The highest BCUT2D eigenvalue weighted by Crippen LogP contribution is 2.27. The number of ether oxygens (including phenoxy) is 2. The van der Waals surface area contributed by atoms with Crippen LogP contribution in [0.3, 0.4) is 0 Å². The minimum Gasteiger partial charge on any atom is -0.611 e. The van der Waals surface area contributed by atoms with Crippen LogP contribution in [-0.2, 0) is 33.8 Å². The Morgan fingerprint density at radius 3 is 2.27 bits per heavy atom. The molecule has 0 radical (unpaired) electrons. The van der Waals surface area contributed by atoms with Crippen molar-refractivity contribution in [1.82, 2.24) is 9.97 Å². The fraction of sp³-hybridized carbons (Fsp3) is 0.129. The van der Waals surface area contributed by atoms with Gasteiger partial charge in [-0.25, -0.2) is 9.37 Å². The summed E-state index contributed by atoms with van der Waals surface area (Å²) >= 11 is -0.114. The van der Waals surface area contributed by atoms with E-state index in [2.05, 4.69) is 20.6 Å². The zero-order valence-electron chi connectivity index (χ0n) is 25.4. The summed E-state index contributed by atoms with van der Waals surface area (Å²) in [5.41, 5.74) is 1.00. The molecule has 3 N–H and O–H groups in total. The smallest absolute Gasteiger partial charge is 0.308 e. The first-order chi connectivity index (χ1) is 22.9. The molecule has 2 amide bonds. The number of para-hydroxylation sites is 1. The van der Waals surface area contributed by atoms with Crippen molar-refractivity contribution in [3.8, 4) is 17.2 Å². The van der Waals surface area contributed by atoms with Crippen molar-refractivity contribution < 1.29 is 42.5 Å². The molecule has 5 aromatic rings. The second-order valence-electron chi connectivity index (χ2n) is 9.48. The molecule has 0 bridgehead atoms. The minimum absolute atomic E-state index is 0.0148. The summed E-state index contributed by atoms with van der Waals surface area (Å²) in [6, 6.07) is 16.5. The number of amides is 2. The summed E-state index contributed by atoms with van der Waals surface area (Å²) in [5, 5.41) is 17.8. The molecule has 3 aromatic carbocycles. The highest BCUT2D eigenvalue weighted by atomic mass is 32.2. The average Bonchev–Trinajstić information content (AvgIpc) is 3.72. The van der Waals surface area contributed by atoms with Gasteiger partial charge in [-0.3, -0.25) is 25.0 Å². The summed E-state index contributed by atoms with van der Waals surface area (Å²) in [6.45, 7) is 1.45. The number of thiazole rings is 2. The quantitative estimate of drug-likeness (QED) is 0.0926.